The van der Waals surface area contributed by atoms with Gasteiger partial charge >= 0.3 is 0 Å². The van der Waals surface area contributed by atoms with Gasteiger partial charge in [0.1, 0.15) is 0 Å². The molecule has 27 heavy (non-hydrogen) atoms. The molecule has 0 saturated heterocycles. The van der Waals surface area contributed by atoms with Crippen LogP contribution in [0.2, 0.25) is 0 Å². The summed E-state index contributed by atoms with van der Waals surface area (Å²) in [7, 11) is 4.83. The van der Waals surface area contributed by atoms with E-state index in [1.54, 1.807) is 39.5 Å². The van der Waals surface area contributed by atoms with Crippen molar-refractivity contribution in [3.05, 3.63) is 53.7 Å². The second-order valence-electron chi connectivity index (χ2n) is 6.05. The molecular formula is C20H21N3O4. The molecule has 0 radical (unpaired) electrons. The number of carbonyl (C=O) groups is 1. The lowest BCUT2D eigenvalue weighted by Gasteiger charge is -2.17. The standard InChI is InChI=1S/C20H21N3O4/c1-23(11-10-13-8-9-16(26-2)17(12-13)27-3)20(25)18-19(24)22-15-7-5-4-6-14(15)21-18/h4-9,12H,10-11H2,1-3H3,(H,22,24). The number of hydrogen-bond donors (Lipinski definition) is 1. The van der Waals surface area contributed by atoms with Gasteiger partial charge < -0.3 is 19.5 Å². The highest BCUT2D eigenvalue weighted by Crippen LogP contribution is 2.27. The van der Waals surface area contributed by atoms with Gasteiger partial charge in [-0.2, -0.15) is 0 Å². The molecule has 1 heterocycles. The number of amides is 1. The molecule has 0 aliphatic rings. The van der Waals surface area contributed by atoms with E-state index in [1.165, 1.54) is 4.90 Å². The topological polar surface area (TPSA) is 84.8 Å². The van der Waals surface area contributed by atoms with E-state index in [9.17, 15) is 9.90 Å². The van der Waals surface area contributed by atoms with Gasteiger partial charge in [0.05, 0.1) is 25.3 Å². The van der Waals surface area contributed by atoms with E-state index in [-0.39, 0.29) is 17.5 Å². The van der Waals surface area contributed by atoms with Crippen molar-refractivity contribution < 1.29 is 19.4 Å². The number of ether oxygens (including phenoxy) is 2. The molecular weight excluding hydrogens is 346 g/mol. The summed E-state index contributed by atoms with van der Waals surface area (Å²) in [6.45, 7) is 0.447. The van der Waals surface area contributed by atoms with Crippen LogP contribution in [0.25, 0.3) is 11.0 Å². The number of hydrogen-bond acceptors (Lipinski definition) is 6. The number of rotatable bonds is 6. The quantitative estimate of drug-likeness (QED) is 0.721. The highest BCUT2D eigenvalue weighted by atomic mass is 16.5. The summed E-state index contributed by atoms with van der Waals surface area (Å²) in [5, 5.41) is 10.1. The molecule has 2 aromatic carbocycles. The van der Waals surface area contributed by atoms with E-state index in [1.807, 2.05) is 24.3 Å². The van der Waals surface area contributed by atoms with Crippen LogP contribution in [-0.2, 0) is 6.42 Å². The molecule has 0 unspecified atom stereocenters. The second kappa shape index (κ2) is 7.90. The normalized spacial score (nSPS) is 10.6. The molecule has 0 saturated carbocycles. The molecule has 140 valence electrons. The smallest absolute Gasteiger partial charge is 0.277 e. The molecule has 0 aliphatic carbocycles. The van der Waals surface area contributed by atoms with Crippen LogP contribution in [0.3, 0.4) is 0 Å². The third-order valence-corrected chi connectivity index (χ3v) is 4.29. The Balaban J connectivity index is 1.74. The zero-order valence-electron chi connectivity index (χ0n) is 15.5. The summed E-state index contributed by atoms with van der Waals surface area (Å²) < 4.78 is 10.5. The van der Waals surface area contributed by atoms with Crippen LogP contribution < -0.4 is 9.47 Å². The highest BCUT2D eigenvalue weighted by molar-refractivity contribution is 5.96. The number of para-hydroxylation sites is 2. The summed E-state index contributed by atoms with van der Waals surface area (Å²) in [6.07, 6.45) is 0.615. The first-order valence-corrected chi connectivity index (χ1v) is 8.45. The van der Waals surface area contributed by atoms with Crippen molar-refractivity contribution in [2.24, 2.45) is 0 Å². The Bertz CT molecular complexity index is 975. The lowest BCUT2D eigenvalue weighted by molar-refractivity contribution is 0.0787. The number of methoxy groups -OCH3 is 2. The van der Waals surface area contributed by atoms with Gasteiger partial charge in [0.15, 0.2) is 17.2 Å². The Morgan fingerprint density at radius 1 is 1.04 bits per heavy atom. The van der Waals surface area contributed by atoms with Gasteiger partial charge in [0.2, 0.25) is 5.88 Å². The molecule has 1 N–H and O–H groups in total. The summed E-state index contributed by atoms with van der Waals surface area (Å²) >= 11 is 0. The van der Waals surface area contributed by atoms with E-state index < -0.39 is 0 Å². The number of likely N-dealkylation sites (N-methyl/N-ethyl adjacent to an activating group) is 1. The monoisotopic (exact) mass is 367 g/mol. The van der Waals surface area contributed by atoms with Gasteiger partial charge in [-0.25, -0.2) is 9.97 Å². The SMILES string of the molecule is COc1ccc(CCN(C)C(=O)c2nc3ccccc3nc2O)cc1OC. The Morgan fingerprint density at radius 2 is 1.70 bits per heavy atom. The van der Waals surface area contributed by atoms with Crippen molar-refractivity contribution in [3.8, 4) is 17.4 Å². The van der Waals surface area contributed by atoms with Crippen LogP contribution in [-0.4, -0.2) is 53.7 Å². The number of nitrogens with zero attached hydrogens (tertiary/aromatic N) is 3. The van der Waals surface area contributed by atoms with E-state index in [2.05, 4.69) is 9.97 Å². The molecule has 0 bridgehead atoms. The largest absolute Gasteiger partial charge is 0.493 e. The van der Waals surface area contributed by atoms with Crippen molar-refractivity contribution >= 4 is 16.9 Å². The van der Waals surface area contributed by atoms with Gasteiger partial charge in [-0.15, -0.1) is 0 Å². The molecule has 7 nitrogen and oxygen atoms in total. The molecule has 1 aromatic heterocycles. The average molecular weight is 367 g/mol. The van der Waals surface area contributed by atoms with Crippen LogP contribution in [0.15, 0.2) is 42.5 Å². The van der Waals surface area contributed by atoms with E-state index in [0.29, 0.717) is 35.5 Å². The molecule has 3 rings (SSSR count). The van der Waals surface area contributed by atoms with Gasteiger partial charge in [0, 0.05) is 13.6 Å². The lowest BCUT2D eigenvalue weighted by Crippen LogP contribution is -2.29. The fourth-order valence-corrected chi connectivity index (χ4v) is 2.75. The summed E-state index contributed by atoms with van der Waals surface area (Å²) in [5.74, 6) is 0.548. The number of fused-ring (bicyclic) bond motifs is 1. The molecule has 0 spiro atoms. The predicted molar refractivity (Wildman–Crippen MR) is 101 cm³/mol. The van der Waals surface area contributed by atoms with Crippen molar-refractivity contribution in [1.82, 2.24) is 14.9 Å². The van der Waals surface area contributed by atoms with Crippen molar-refractivity contribution in [3.63, 3.8) is 0 Å². The zero-order chi connectivity index (χ0) is 19.4. The Kier molecular flexibility index (Phi) is 5.40. The van der Waals surface area contributed by atoms with Crippen LogP contribution in [0.1, 0.15) is 16.1 Å². The van der Waals surface area contributed by atoms with Crippen LogP contribution in [0, 0.1) is 0 Å². The van der Waals surface area contributed by atoms with Gasteiger partial charge in [-0.3, -0.25) is 4.79 Å². The second-order valence-corrected chi connectivity index (χ2v) is 6.05. The Morgan fingerprint density at radius 3 is 2.37 bits per heavy atom. The molecule has 1 amide bonds. The Hall–Kier alpha value is -3.35. The molecule has 0 aliphatic heterocycles. The lowest BCUT2D eigenvalue weighted by atomic mass is 10.1. The van der Waals surface area contributed by atoms with E-state index >= 15 is 0 Å². The van der Waals surface area contributed by atoms with Crippen LogP contribution in [0.4, 0.5) is 0 Å². The summed E-state index contributed by atoms with van der Waals surface area (Å²) in [5.41, 5.74) is 2.05. The van der Waals surface area contributed by atoms with E-state index in [0.717, 1.165) is 5.56 Å². The van der Waals surface area contributed by atoms with Crippen molar-refractivity contribution in [1.29, 1.82) is 0 Å². The maximum atomic E-state index is 12.7. The fraction of sp³-hybridized carbons (Fsp3) is 0.250. The van der Waals surface area contributed by atoms with Crippen LogP contribution in [0.5, 0.6) is 17.4 Å². The molecule has 3 aromatic rings. The maximum Gasteiger partial charge on any atom is 0.277 e. The minimum atomic E-state index is -0.383. The first-order valence-electron chi connectivity index (χ1n) is 8.45. The van der Waals surface area contributed by atoms with E-state index in [4.69, 9.17) is 9.47 Å². The number of aromatic hydroxyl groups is 1. The molecule has 0 fully saturated rings. The average Bonchev–Trinajstić information content (AvgIpc) is 2.70. The third kappa shape index (κ3) is 3.92. The van der Waals surface area contributed by atoms with Gasteiger partial charge in [0.25, 0.3) is 5.91 Å². The first kappa shape index (κ1) is 18.4. The third-order valence-electron chi connectivity index (χ3n) is 4.29. The Labute approximate surface area is 157 Å². The number of aromatic nitrogens is 2. The first-order chi connectivity index (χ1) is 13.0. The molecule has 7 heteroatoms. The summed E-state index contributed by atoms with van der Waals surface area (Å²) in [6, 6.07) is 12.7. The minimum absolute atomic E-state index is 0.0523. The van der Waals surface area contributed by atoms with Crippen LogP contribution >= 0.6 is 0 Å². The minimum Gasteiger partial charge on any atom is -0.493 e. The number of carbonyl (C=O) groups excluding carboxylic acids is 1. The zero-order valence-corrected chi connectivity index (χ0v) is 15.5. The molecule has 0 atom stereocenters. The maximum absolute atomic E-state index is 12.7. The highest BCUT2D eigenvalue weighted by Gasteiger charge is 2.20. The fourth-order valence-electron chi connectivity index (χ4n) is 2.75. The summed E-state index contributed by atoms with van der Waals surface area (Å²) in [4.78, 5) is 22.5. The number of benzene rings is 2. The van der Waals surface area contributed by atoms with Crippen molar-refractivity contribution in [2.75, 3.05) is 27.8 Å². The van der Waals surface area contributed by atoms with Gasteiger partial charge in [-0.1, -0.05) is 18.2 Å². The van der Waals surface area contributed by atoms with Gasteiger partial charge in [-0.05, 0) is 36.2 Å². The van der Waals surface area contributed by atoms with Crippen molar-refractivity contribution in [2.45, 2.75) is 6.42 Å². The predicted octanol–water partition coefficient (Wildman–Crippen LogP) is 2.67.